The molecule has 0 aliphatic rings. The Bertz CT molecular complexity index is 310. The molecular formula is C11H19ClN2S. The van der Waals surface area contributed by atoms with Gasteiger partial charge in [-0.1, -0.05) is 25.4 Å². The van der Waals surface area contributed by atoms with Gasteiger partial charge in [-0.15, -0.1) is 0 Å². The zero-order chi connectivity index (χ0) is 11.5. The third-order valence-corrected chi connectivity index (χ3v) is 4.41. The predicted octanol–water partition coefficient (Wildman–Crippen LogP) is 3.58. The van der Waals surface area contributed by atoms with Gasteiger partial charge < -0.3 is 0 Å². The summed E-state index contributed by atoms with van der Waals surface area (Å²) < 4.78 is 1.99. The van der Waals surface area contributed by atoms with Crippen molar-refractivity contribution in [1.82, 2.24) is 9.78 Å². The maximum absolute atomic E-state index is 5.99. The second-order valence-electron chi connectivity index (χ2n) is 4.10. The molecule has 15 heavy (non-hydrogen) atoms. The molecule has 0 aliphatic carbocycles. The second kappa shape index (κ2) is 5.26. The Labute approximate surface area is 102 Å². The van der Waals surface area contributed by atoms with Crippen LogP contribution in [0.2, 0.25) is 5.02 Å². The molecule has 0 radical (unpaired) electrons. The summed E-state index contributed by atoms with van der Waals surface area (Å²) in [6.07, 6.45) is 3.94. The van der Waals surface area contributed by atoms with Gasteiger partial charge in [0.25, 0.3) is 0 Å². The van der Waals surface area contributed by atoms with Crippen LogP contribution in [-0.2, 0) is 6.54 Å². The summed E-state index contributed by atoms with van der Waals surface area (Å²) >= 11 is 10.4. The van der Waals surface area contributed by atoms with Crippen molar-refractivity contribution in [2.24, 2.45) is 5.41 Å². The van der Waals surface area contributed by atoms with Crippen LogP contribution in [-0.4, -0.2) is 15.5 Å². The third-order valence-electron chi connectivity index (χ3n) is 3.36. The minimum Gasteiger partial charge on any atom is -0.268 e. The van der Waals surface area contributed by atoms with Gasteiger partial charge in [0.05, 0.1) is 16.9 Å². The number of hydrogen-bond donors (Lipinski definition) is 1. The molecule has 0 N–H and O–H groups in total. The second-order valence-corrected chi connectivity index (χ2v) is 4.82. The van der Waals surface area contributed by atoms with Crippen LogP contribution in [0, 0.1) is 12.3 Å². The normalized spacial score (nSPS) is 12.1. The lowest BCUT2D eigenvalue weighted by atomic mass is 9.84. The predicted molar refractivity (Wildman–Crippen MR) is 68.8 cm³/mol. The molecule has 0 fully saturated rings. The molecule has 0 saturated heterocycles. The Kier molecular flexibility index (Phi) is 4.53. The summed E-state index contributed by atoms with van der Waals surface area (Å²) in [5.74, 6) is 0.886. The Balaban J connectivity index is 2.87. The average Bonchev–Trinajstić information content (AvgIpc) is 2.57. The summed E-state index contributed by atoms with van der Waals surface area (Å²) in [5, 5.41) is 5.04. The molecule has 1 rings (SSSR count). The molecule has 0 atom stereocenters. The fraction of sp³-hybridized carbons (Fsp3) is 0.727. The van der Waals surface area contributed by atoms with Crippen molar-refractivity contribution in [2.75, 3.05) is 5.75 Å². The van der Waals surface area contributed by atoms with Gasteiger partial charge in [0.2, 0.25) is 0 Å². The largest absolute Gasteiger partial charge is 0.268 e. The molecule has 4 heteroatoms. The maximum atomic E-state index is 5.99. The van der Waals surface area contributed by atoms with E-state index in [0.717, 1.165) is 35.9 Å². The quantitative estimate of drug-likeness (QED) is 0.787. The smallest absolute Gasteiger partial charge is 0.0814 e. The van der Waals surface area contributed by atoms with Gasteiger partial charge in [0, 0.05) is 6.54 Å². The SMILES string of the molecule is CCC(CC)(CS)Cn1ncc(Cl)c1C. The van der Waals surface area contributed by atoms with Crippen molar-refractivity contribution >= 4 is 24.2 Å². The summed E-state index contributed by atoms with van der Waals surface area (Å²) in [4.78, 5) is 0. The van der Waals surface area contributed by atoms with E-state index in [1.807, 2.05) is 11.6 Å². The fourth-order valence-corrected chi connectivity index (χ4v) is 2.34. The standard InChI is InChI=1S/C11H19ClN2S/c1-4-11(5-2,8-15)7-14-9(3)10(12)6-13-14/h6,15H,4-5,7-8H2,1-3H3. The highest BCUT2D eigenvalue weighted by atomic mass is 35.5. The van der Waals surface area contributed by atoms with E-state index in [9.17, 15) is 0 Å². The van der Waals surface area contributed by atoms with E-state index in [-0.39, 0.29) is 5.41 Å². The van der Waals surface area contributed by atoms with Crippen LogP contribution in [0.3, 0.4) is 0 Å². The molecule has 0 saturated carbocycles. The van der Waals surface area contributed by atoms with E-state index < -0.39 is 0 Å². The molecule has 86 valence electrons. The molecule has 0 aromatic carbocycles. The molecule has 1 aromatic heterocycles. The number of aromatic nitrogens is 2. The third kappa shape index (κ3) is 2.70. The number of nitrogens with zero attached hydrogens (tertiary/aromatic N) is 2. The van der Waals surface area contributed by atoms with Crippen molar-refractivity contribution in [3.8, 4) is 0 Å². The van der Waals surface area contributed by atoms with E-state index >= 15 is 0 Å². The molecule has 1 aromatic rings. The first-order chi connectivity index (χ1) is 7.08. The van der Waals surface area contributed by atoms with Gasteiger partial charge in [0.15, 0.2) is 0 Å². The molecular weight excluding hydrogens is 228 g/mol. The molecule has 0 spiro atoms. The average molecular weight is 247 g/mol. The van der Waals surface area contributed by atoms with Gasteiger partial charge in [-0.25, -0.2) is 0 Å². The molecule has 2 nitrogen and oxygen atoms in total. The van der Waals surface area contributed by atoms with Crippen molar-refractivity contribution < 1.29 is 0 Å². The fourth-order valence-electron chi connectivity index (χ4n) is 1.65. The van der Waals surface area contributed by atoms with Crippen LogP contribution in [0.25, 0.3) is 0 Å². The highest BCUT2D eigenvalue weighted by Gasteiger charge is 2.26. The van der Waals surface area contributed by atoms with Crippen LogP contribution in [0.5, 0.6) is 0 Å². The summed E-state index contributed by atoms with van der Waals surface area (Å²) in [5.41, 5.74) is 1.29. The Morgan fingerprint density at radius 3 is 2.40 bits per heavy atom. The van der Waals surface area contributed by atoms with Crippen LogP contribution >= 0.6 is 24.2 Å². The zero-order valence-electron chi connectivity index (χ0n) is 9.63. The lowest BCUT2D eigenvalue weighted by Crippen LogP contribution is -2.28. The van der Waals surface area contributed by atoms with Crippen molar-refractivity contribution in [3.63, 3.8) is 0 Å². The molecule has 0 aliphatic heterocycles. The molecule has 0 unspecified atom stereocenters. The van der Waals surface area contributed by atoms with E-state index in [4.69, 9.17) is 11.6 Å². The minimum absolute atomic E-state index is 0.239. The number of hydrogen-bond acceptors (Lipinski definition) is 2. The zero-order valence-corrected chi connectivity index (χ0v) is 11.3. The summed E-state index contributed by atoms with van der Waals surface area (Å²) in [6, 6.07) is 0. The number of thiol groups is 1. The first-order valence-electron chi connectivity index (χ1n) is 5.37. The van der Waals surface area contributed by atoms with Gasteiger partial charge in [-0.3, -0.25) is 4.68 Å². The van der Waals surface area contributed by atoms with Crippen LogP contribution < -0.4 is 0 Å². The van der Waals surface area contributed by atoms with Gasteiger partial charge in [-0.2, -0.15) is 17.7 Å². The lowest BCUT2D eigenvalue weighted by Gasteiger charge is -2.30. The number of halogens is 1. The summed E-state index contributed by atoms with van der Waals surface area (Å²) in [7, 11) is 0. The minimum atomic E-state index is 0.239. The van der Waals surface area contributed by atoms with E-state index in [1.165, 1.54) is 0 Å². The van der Waals surface area contributed by atoms with Crippen LogP contribution in [0.15, 0.2) is 6.20 Å². The van der Waals surface area contributed by atoms with Crippen molar-refractivity contribution in [3.05, 3.63) is 16.9 Å². The highest BCUT2D eigenvalue weighted by Crippen LogP contribution is 2.30. The van der Waals surface area contributed by atoms with Crippen LogP contribution in [0.4, 0.5) is 0 Å². The Morgan fingerprint density at radius 1 is 1.47 bits per heavy atom. The highest BCUT2D eigenvalue weighted by molar-refractivity contribution is 7.80. The number of rotatable bonds is 5. The van der Waals surface area contributed by atoms with E-state index in [2.05, 4.69) is 31.6 Å². The monoisotopic (exact) mass is 246 g/mol. The Morgan fingerprint density at radius 2 is 2.07 bits per heavy atom. The maximum Gasteiger partial charge on any atom is 0.0814 e. The van der Waals surface area contributed by atoms with Gasteiger partial charge in [0.1, 0.15) is 0 Å². The molecule has 1 heterocycles. The lowest BCUT2D eigenvalue weighted by molar-refractivity contribution is 0.244. The molecule has 0 bridgehead atoms. The van der Waals surface area contributed by atoms with Gasteiger partial charge >= 0.3 is 0 Å². The first-order valence-corrected chi connectivity index (χ1v) is 6.38. The van der Waals surface area contributed by atoms with E-state index in [0.29, 0.717) is 0 Å². The topological polar surface area (TPSA) is 17.8 Å². The molecule has 0 amide bonds. The first kappa shape index (κ1) is 12.9. The van der Waals surface area contributed by atoms with Crippen molar-refractivity contribution in [2.45, 2.75) is 40.2 Å². The van der Waals surface area contributed by atoms with Crippen molar-refractivity contribution in [1.29, 1.82) is 0 Å². The Hall–Kier alpha value is -0.150. The van der Waals surface area contributed by atoms with Gasteiger partial charge in [-0.05, 0) is 30.9 Å². The summed E-state index contributed by atoms with van der Waals surface area (Å²) in [6.45, 7) is 7.33. The van der Waals surface area contributed by atoms with E-state index in [1.54, 1.807) is 6.20 Å². The van der Waals surface area contributed by atoms with Crippen LogP contribution in [0.1, 0.15) is 32.4 Å².